The second kappa shape index (κ2) is 9.65. The van der Waals surface area contributed by atoms with Gasteiger partial charge in [0.2, 0.25) is 0 Å². The van der Waals surface area contributed by atoms with Crippen LogP contribution in [0.25, 0.3) is 5.76 Å². The number of hydrogen-bond acceptors (Lipinski definition) is 4. The van der Waals surface area contributed by atoms with Gasteiger partial charge in [-0.1, -0.05) is 51.5 Å². The summed E-state index contributed by atoms with van der Waals surface area (Å²) in [6.07, 6.45) is 3.58. The number of Topliss-reactive ketones (excluding diaryl/α,β-unsaturated/α-hetero) is 1. The minimum absolute atomic E-state index is 0.00846. The third-order valence-electron chi connectivity index (χ3n) is 7.66. The molecular formula is C29H39N3O3. The van der Waals surface area contributed by atoms with E-state index in [9.17, 15) is 14.7 Å². The number of aliphatic hydroxyl groups excluding tert-OH is 1. The monoisotopic (exact) mass is 477 g/mol. The number of nitrogens with zero attached hydrogens (tertiary/aromatic N) is 2. The maximum atomic E-state index is 13.4. The first kappa shape index (κ1) is 25.2. The largest absolute Gasteiger partial charge is 0.507 e. The highest BCUT2D eigenvalue weighted by Gasteiger charge is 2.46. The van der Waals surface area contributed by atoms with Crippen LogP contribution >= 0.6 is 0 Å². The number of H-pyrrole nitrogens is 1. The summed E-state index contributed by atoms with van der Waals surface area (Å²) in [5, 5.41) is 11.5. The molecule has 3 heterocycles. The van der Waals surface area contributed by atoms with Gasteiger partial charge in [0.1, 0.15) is 5.76 Å². The summed E-state index contributed by atoms with van der Waals surface area (Å²) >= 11 is 0. The fourth-order valence-corrected chi connectivity index (χ4v) is 5.45. The maximum Gasteiger partial charge on any atom is 0.295 e. The van der Waals surface area contributed by atoms with Crippen molar-refractivity contribution in [2.45, 2.75) is 72.3 Å². The number of amides is 1. The molecule has 0 saturated carbocycles. The molecule has 0 spiro atoms. The van der Waals surface area contributed by atoms with Crippen molar-refractivity contribution in [1.29, 1.82) is 0 Å². The second-order valence-electron chi connectivity index (χ2n) is 11.1. The number of carbonyl (C=O) groups excluding carboxylic acids is 2. The minimum atomic E-state index is -0.609. The zero-order valence-corrected chi connectivity index (χ0v) is 22.0. The number of aromatic amines is 1. The second-order valence-corrected chi connectivity index (χ2v) is 11.1. The van der Waals surface area contributed by atoms with Crippen molar-refractivity contribution in [1.82, 2.24) is 14.8 Å². The predicted octanol–water partition coefficient (Wildman–Crippen LogP) is 5.15. The maximum absolute atomic E-state index is 13.4. The van der Waals surface area contributed by atoms with Gasteiger partial charge >= 0.3 is 0 Å². The molecule has 2 saturated heterocycles. The Bertz CT molecular complexity index is 1150. The molecule has 4 rings (SSSR count). The Kier molecular flexibility index (Phi) is 6.96. The highest BCUT2D eigenvalue weighted by atomic mass is 16.3. The van der Waals surface area contributed by atoms with Gasteiger partial charge in [0.15, 0.2) is 0 Å². The minimum Gasteiger partial charge on any atom is -0.507 e. The molecule has 2 aliphatic heterocycles. The average Bonchev–Trinajstić information content (AvgIpc) is 3.23. The normalized spacial score (nSPS) is 21.2. The van der Waals surface area contributed by atoms with E-state index in [1.165, 1.54) is 24.8 Å². The van der Waals surface area contributed by atoms with E-state index in [0.717, 1.165) is 42.1 Å². The van der Waals surface area contributed by atoms with E-state index in [4.69, 9.17) is 0 Å². The Morgan fingerprint density at radius 1 is 0.971 bits per heavy atom. The third kappa shape index (κ3) is 4.81. The van der Waals surface area contributed by atoms with E-state index in [1.807, 2.05) is 32.9 Å². The summed E-state index contributed by atoms with van der Waals surface area (Å²) in [5.74, 6) is -1.23. The van der Waals surface area contributed by atoms with E-state index >= 15 is 0 Å². The molecule has 1 unspecified atom stereocenters. The van der Waals surface area contributed by atoms with Gasteiger partial charge in [-0.25, -0.2) is 0 Å². The van der Waals surface area contributed by atoms with Gasteiger partial charge in [-0.15, -0.1) is 0 Å². The number of ketones is 1. The molecule has 0 aliphatic carbocycles. The molecule has 2 aromatic rings. The number of hydrogen-bond donors (Lipinski definition) is 2. The number of aryl methyl sites for hydroxylation is 2. The molecule has 1 aromatic heterocycles. The predicted molar refractivity (Wildman–Crippen MR) is 139 cm³/mol. The number of rotatable bonds is 5. The molecule has 2 aliphatic rings. The van der Waals surface area contributed by atoms with Crippen LogP contribution in [0.1, 0.15) is 79.7 Å². The number of benzene rings is 1. The Hall–Kier alpha value is -2.86. The topological polar surface area (TPSA) is 76.6 Å². The Balaban J connectivity index is 1.79. The summed E-state index contributed by atoms with van der Waals surface area (Å²) in [5.41, 5.74) is 5.44. The molecule has 2 fully saturated rings. The Morgan fingerprint density at radius 3 is 2.14 bits per heavy atom. The van der Waals surface area contributed by atoms with E-state index < -0.39 is 17.7 Å². The number of aliphatic hydroxyl groups is 1. The van der Waals surface area contributed by atoms with Crippen LogP contribution in [0.2, 0.25) is 0 Å². The molecule has 35 heavy (non-hydrogen) atoms. The van der Waals surface area contributed by atoms with Crippen LogP contribution in [0.5, 0.6) is 0 Å². The zero-order valence-electron chi connectivity index (χ0n) is 22.0. The lowest BCUT2D eigenvalue weighted by atomic mass is 9.85. The summed E-state index contributed by atoms with van der Waals surface area (Å²) in [6.45, 7) is 15.5. The van der Waals surface area contributed by atoms with Crippen LogP contribution in [0.4, 0.5) is 0 Å². The fourth-order valence-electron chi connectivity index (χ4n) is 5.45. The van der Waals surface area contributed by atoms with Crippen molar-refractivity contribution in [3.63, 3.8) is 0 Å². The van der Waals surface area contributed by atoms with E-state index in [0.29, 0.717) is 12.1 Å². The van der Waals surface area contributed by atoms with Crippen molar-refractivity contribution in [2.75, 3.05) is 26.2 Å². The average molecular weight is 478 g/mol. The molecule has 0 radical (unpaired) electrons. The summed E-state index contributed by atoms with van der Waals surface area (Å²) < 4.78 is 0. The van der Waals surface area contributed by atoms with Crippen molar-refractivity contribution >= 4 is 17.4 Å². The smallest absolute Gasteiger partial charge is 0.295 e. The van der Waals surface area contributed by atoms with Gasteiger partial charge < -0.3 is 19.9 Å². The zero-order chi connectivity index (χ0) is 25.5. The highest BCUT2D eigenvalue weighted by molar-refractivity contribution is 6.46. The van der Waals surface area contributed by atoms with Crippen molar-refractivity contribution < 1.29 is 14.7 Å². The summed E-state index contributed by atoms with van der Waals surface area (Å²) in [4.78, 5) is 34.0. The molecule has 1 aromatic carbocycles. The molecule has 2 N–H and O–H groups in total. The Labute approximate surface area is 209 Å². The fraction of sp³-hybridized carbons (Fsp3) is 0.517. The molecule has 6 nitrogen and oxygen atoms in total. The lowest BCUT2D eigenvalue weighted by Gasteiger charge is -2.31. The van der Waals surface area contributed by atoms with Gasteiger partial charge in [0.05, 0.1) is 11.6 Å². The molecule has 1 atom stereocenters. The van der Waals surface area contributed by atoms with Crippen LogP contribution in [0.15, 0.2) is 29.8 Å². The number of nitrogens with one attached hydrogen (secondary N) is 1. The summed E-state index contributed by atoms with van der Waals surface area (Å²) in [7, 11) is 0. The van der Waals surface area contributed by atoms with Crippen LogP contribution < -0.4 is 0 Å². The van der Waals surface area contributed by atoms with E-state index in [2.05, 4.69) is 42.8 Å². The van der Waals surface area contributed by atoms with Crippen molar-refractivity contribution in [3.8, 4) is 0 Å². The highest BCUT2D eigenvalue weighted by Crippen LogP contribution is 2.41. The van der Waals surface area contributed by atoms with Gasteiger partial charge in [-0.3, -0.25) is 9.59 Å². The van der Waals surface area contributed by atoms with Crippen LogP contribution in [0.3, 0.4) is 0 Å². The van der Waals surface area contributed by atoms with Crippen molar-refractivity contribution in [2.24, 2.45) is 0 Å². The lowest BCUT2D eigenvalue weighted by molar-refractivity contribution is -0.140. The molecule has 188 valence electrons. The van der Waals surface area contributed by atoms with Gasteiger partial charge in [0, 0.05) is 30.0 Å². The van der Waals surface area contributed by atoms with Crippen molar-refractivity contribution in [3.05, 3.63) is 63.5 Å². The van der Waals surface area contributed by atoms with Gasteiger partial charge in [-0.05, 0) is 68.8 Å². The van der Waals surface area contributed by atoms with Crippen LogP contribution in [-0.4, -0.2) is 57.8 Å². The molecule has 0 bridgehead atoms. The number of aromatic nitrogens is 1. The number of carbonyl (C=O) groups is 2. The Morgan fingerprint density at radius 2 is 1.60 bits per heavy atom. The third-order valence-corrected chi connectivity index (χ3v) is 7.66. The quantitative estimate of drug-likeness (QED) is 0.355. The SMILES string of the molecule is Cc1[nH]c(C)c(/C(O)=C2\C(=O)C(=O)N(CCN3CCCCC3)C2c2ccc(C(C)(C)C)cc2)c1C. The first-order valence-corrected chi connectivity index (χ1v) is 12.8. The van der Waals surface area contributed by atoms with E-state index in [-0.39, 0.29) is 16.7 Å². The lowest BCUT2D eigenvalue weighted by Crippen LogP contribution is -2.40. The molecular weight excluding hydrogens is 438 g/mol. The number of piperidine rings is 1. The van der Waals surface area contributed by atoms with Gasteiger partial charge in [0.25, 0.3) is 11.7 Å². The van der Waals surface area contributed by atoms with Gasteiger partial charge in [-0.2, -0.15) is 0 Å². The van der Waals surface area contributed by atoms with Crippen LogP contribution in [-0.2, 0) is 15.0 Å². The number of likely N-dealkylation sites (tertiary alicyclic amines) is 2. The van der Waals surface area contributed by atoms with Crippen LogP contribution in [0, 0.1) is 20.8 Å². The summed E-state index contributed by atoms with van der Waals surface area (Å²) in [6, 6.07) is 7.53. The first-order valence-electron chi connectivity index (χ1n) is 12.8. The molecule has 6 heteroatoms. The van der Waals surface area contributed by atoms with E-state index in [1.54, 1.807) is 4.90 Å². The molecule has 1 amide bonds. The first-order chi connectivity index (χ1) is 16.5. The standard InChI is InChI=1S/C29H39N3O3/c1-18-19(2)30-20(3)23(18)26(33)24-25(21-10-12-22(13-11-21)29(4,5)6)32(28(35)27(24)34)17-16-31-14-8-7-9-15-31/h10-13,25,30,33H,7-9,14-17H2,1-6H3/b26-24+.